The van der Waals surface area contributed by atoms with Crippen LogP contribution in [0.1, 0.15) is 55.7 Å². The van der Waals surface area contributed by atoms with Crippen molar-refractivity contribution in [1.29, 1.82) is 0 Å². The second-order valence-electron chi connectivity index (χ2n) is 6.06. The van der Waals surface area contributed by atoms with Gasteiger partial charge < -0.3 is 10.1 Å². The first-order valence-corrected chi connectivity index (χ1v) is 7.79. The molecule has 0 bridgehead atoms. The molecule has 2 heteroatoms. The molecule has 2 nitrogen and oxygen atoms in total. The minimum atomic E-state index is 0.513. The van der Waals surface area contributed by atoms with Crippen molar-refractivity contribution in [2.75, 3.05) is 13.7 Å². The minimum Gasteiger partial charge on any atom is -0.493 e. The topological polar surface area (TPSA) is 21.3 Å². The number of ether oxygens (including phenoxy) is 1. The molecule has 0 saturated heterocycles. The molecular formula is C17H25NO. The van der Waals surface area contributed by atoms with Crippen LogP contribution in [-0.4, -0.2) is 13.7 Å². The SMILES string of the molecule is CNC1CCCc2ccc(OCC3CCCC3)cc21. The zero-order valence-electron chi connectivity index (χ0n) is 12.0. The van der Waals surface area contributed by atoms with E-state index in [4.69, 9.17) is 4.74 Å². The van der Waals surface area contributed by atoms with Gasteiger partial charge in [-0.05, 0) is 68.3 Å². The number of aryl methyl sites for hydroxylation is 1. The molecule has 0 aromatic heterocycles. The van der Waals surface area contributed by atoms with Crippen LogP contribution in [0.4, 0.5) is 0 Å². The molecule has 2 aliphatic carbocycles. The quantitative estimate of drug-likeness (QED) is 0.886. The van der Waals surface area contributed by atoms with Crippen LogP contribution in [-0.2, 0) is 6.42 Å². The zero-order chi connectivity index (χ0) is 13.1. The van der Waals surface area contributed by atoms with Crippen LogP contribution in [0.5, 0.6) is 5.75 Å². The molecule has 1 atom stereocenters. The molecule has 0 spiro atoms. The van der Waals surface area contributed by atoms with E-state index in [1.165, 1.54) is 56.1 Å². The fraction of sp³-hybridized carbons (Fsp3) is 0.647. The maximum atomic E-state index is 6.02. The number of rotatable bonds is 4. The average Bonchev–Trinajstić information content (AvgIpc) is 2.97. The first-order valence-electron chi connectivity index (χ1n) is 7.79. The van der Waals surface area contributed by atoms with Crippen molar-refractivity contribution >= 4 is 0 Å². The third-order valence-electron chi connectivity index (χ3n) is 4.74. The van der Waals surface area contributed by atoms with Gasteiger partial charge in [0.25, 0.3) is 0 Å². The summed E-state index contributed by atoms with van der Waals surface area (Å²) >= 11 is 0. The van der Waals surface area contributed by atoms with Gasteiger partial charge in [-0.25, -0.2) is 0 Å². The first kappa shape index (κ1) is 13.0. The Balaban J connectivity index is 1.68. The molecule has 0 amide bonds. The van der Waals surface area contributed by atoms with Gasteiger partial charge in [-0.2, -0.15) is 0 Å². The second-order valence-corrected chi connectivity index (χ2v) is 6.06. The lowest BCUT2D eigenvalue weighted by Crippen LogP contribution is -2.21. The molecule has 1 unspecified atom stereocenters. The third kappa shape index (κ3) is 2.94. The van der Waals surface area contributed by atoms with Gasteiger partial charge in [0.15, 0.2) is 0 Å². The largest absolute Gasteiger partial charge is 0.493 e. The molecule has 104 valence electrons. The van der Waals surface area contributed by atoms with E-state index in [2.05, 4.69) is 30.6 Å². The van der Waals surface area contributed by atoms with Gasteiger partial charge in [0.2, 0.25) is 0 Å². The van der Waals surface area contributed by atoms with Gasteiger partial charge in [0.05, 0.1) is 6.61 Å². The summed E-state index contributed by atoms with van der Waals surface area (Å²) in [4.78, 5) is 0. The fourth-order valence-electron chi connectivity index (χ4n) is 3.56. The van der Waals surface area contributed by atoms with E-state index in [0.29, 0.717) is 6.04 Å². The second kappa shape index (κ2) is 5.96. The van der Waals surface area contributed by atoms with Crippen LogP contribution in [0.3, 0.4) is 0 Å². The number of fused-ring (bicyclic) bond motifs is 1. The lowest BCUT2D eigenvalue weighted by atomic mass is 9.87. The summed E-state index contributed by atoms with van der Waals surface area (Å²) in [5.41, 5.74) is 2.96. The van der Waals surface area contributed by atoms with Crippen LogP contribution < -0.4 is 10.1 Å². The summed E-state index contributed by atoms with van der Waals surface area (Å²) in [6, 6.07) is 7.21. The predicted octanol–water partition coefficient (Wildman–Crippen LogP) is 3.85. The highest BCUT2D eigenvalue weighted by atomic mass is 16.5. The minimum absolute atomic E-state index is 0.513. The summed E-state index contributed by atoms with van der Waals surface area (Å²) in [6.07, 6.45) is 9.24. The van der Waals surface area contributed by atoms with Crippen LogP contribution in [0, 0.1) is 5.92 Å². The van der Waals surface area contributed by atoms with E-state index in [0.717, 1.165) is 18.3 Å². The van der Waals surface area contributed by atoms with Gasteiger partial charge in [0.1, 0.15) is 5.75 Å². The summed E-state index contributed by atoms with van der Waals surface area (Å²) in [7, 11) is 2.06. The maximum Gasteiger partial charge on any atom is 0.119 e. The molecule has 1 N–H and O–H groups in total. The molecule has 1 fully saturated rings. The van der Waals surface area contributed by atoms with E-state index < -0.39 is 0 Å². The molecule has 19 heavy (non-hydrogen) atoms. The molecule has 1 saturated carbocycles. The summed E-state index contributed by atoms with van der Waals surface area (Å²) in [6.45, 7) is 0.906. The summed E-state index contributed by atoms with van der Waals surface area (Å²) < 4.78 is 6.02. The van der Waals surface area contributed by atoms with Gasteiger partial charge in [-0.1, -0.05) is 18.9 Å². The number of benzene rings is 1. The summed E-state index contributed by atoms with van der Waals surface area (Å²) in [5.74, 6) is 1.85. The molecule has 1 aromatic rings. The van der Waals surface area contributed by atoms with Crippen LogP contribution in [0.25, 0.3) is 0 Å². The van der Waals surface area contributed by atoms with Gasteiger partial charge in [0, 0.05) is 6.04 Å². The number of hydrogen-bond acceptors (Lipinski definition) is 2. The van der Waals surface area contributed by atoms with E-state index in [1.807, 2.05) is 0 Å². The highest BCUT2D eigenvalue weighted by molar-refractivity contribution is 5.39. The lowest BCUT2D eigenvalue weighted by Gasteiger charge is -2.26. The third-order valence-corrected chi connectivity index (χ3v) is 4.74. The van der Waals surface area contributed by atoms with Crippen molar-refractivity contribution < 1.29 is 4.74 Å². The van der Waals surface area contributed by atoms with Crippen LogP contribution in [0.2, 0.25) is 0 Å². The zero-order valence-corrected chi connectivity index (χ0v) is 12.0. The van der Waals surface area contributed by atoms with Crippen LogP contribution in [0.15, 0.2) is 18.2 Å². The Morgan fingerprint density at radius 1 is 1.16 bits per heavy atom. The van der Waals surface area contributed by atoms with Crippen molar-refractivity contribution in [3.05, 3.63) is 29.3 Å². The van der Waals surface area contributed by atoms with E-state index in [1.54, 1.807) is 0 Å². The number of nitrogens with one attached hydrogen (secondary N) is 1. The van der Waals surface area contributed by atoms with Crippen LogP contribution >= 0.6 is 0 Å². The highest BCUT2D eigenvalue weighted by Gasteiger charge is 2.20. The standard InChI is InChI=1S/C17H25NO/c1-18-17-8-4-7-14-9-10-15(11-16(14)17)19-12-13-5-2-3-6-13/h9-11,13,17-18H,2-8,12H2,1H3. The Bertz CT molecular complexity index is 423. The Kier molecular flexibility index (Phi) is 4.07. The monoisotopic (exact) mass is 259 g/mol. The maximum absolute atomic E-state index is 6.02. The molecule has 3 rings (SSSR count). The van der Waals surface area contributed by atoms with Crippen molar-refractivity contribution in [1.82, 2.24) is 5.32 Å². The Hall–Kier alpha value is -1.02. The van der Waals surface area contributed by atoms with E-state index in [9.17, 15) is 0 Å². The molecule has 0 aliphatic heterocycles. The van der Waals surface area contributed by atoms with Gasteiger partial charge >= 0.3 is 0 Å². The summed E-state index contributed by atoms with van der Waals surface area (Å²) in [5, 5.41) is 3.43. The average molecular weight is 259 g/mol. The van der Waals surface area contributed by atoms with Crippen molar-refractivity contribution in [3.63, 3.8) is 0 Å². The lowest BCUT2D eigenvalue weighted by molar-refractivity contribution is 0.251. The molecule has 0 radical (unpaired) electrons. The first-order chi connectivity index (χ1) is 9.36. The Labute approximate surface area is 116 Å². The Morgan fingerprint density at radius 3 is 2.79 bits per heavy atom. The van der Waals surface area contributed by atoms with E-state index in [-0.39, 0.29) is 0 Å². The Morgan fingerprint density at radius 2 is 2.00 bits per heavy atom. The smallest absolute Gasteiger partial charge is 0.119 e. The fourth-order valence-corrected chi connectivity index (χ4v) is 3.56. The van der Waals surface area contributed by atoms with Crippen molar-refractivity contribution in [2.45, 2.75) is 51.0 Å². The predicted molar refractivity (Wildman–Crippen MR) is 78.6 cm³/mol. The van der Waals surface area contributed by atoms with Gasteiger partial charge in [-0.3, -0.25) is 0 Å². The van der Waals surface area contributed by atoms with Crippen molar-refractivity contribution in [2.24, 2.45) is 5.92 Å². The number of hydrogen-bond donors (Lipinski definition) is 1. The van der Waals surface area contributed by atoms with Gasteiger partial charge in [-0.15, -0.1) is 0 Å². The van der Waals surface area contributed by atoms with E-state index >= 15 is 0 Å². The molecule has 0 heterocycles. The molecular weight excluding hydrogens is 234 g/mol. The highest BCUT2D eigenvalue weighted by Crippen LogP contribution is 2.33. The molecule has 1 aromatic carbocycles. The van der Waals surface area contributed by atoms with Crippen molar-refractivity contribution in [3.8, 4) is 5.75 Å². The molecule has 2 aliphatic rings. The normalized spacial score (nSPS) is 23.3.